The molecule has 1 aromatic carbocycles. The van der Waals surface area contributed by atoms with Crippen molar-refractivity contribution in [2.75, 3.05) is 32.1 Å². The molecule has 2 rings (SSSR count). The maximum absolute atomic E-state index is 13.2. The van der Waals surface area contributed by atoms with Gasteiger partial charge in [0.05, 0.1) is 12.8 Å². The lowest BCUT2D eigenvalue weighted by atomic mass is 10.2. The molecule has 0 aromatic heterocycles. The largest absolute Gasteiger partial charge is 0.481 e. The van der Waals surface area contributed by atoms with Crippen molar-refractivity contribution in [2.45, 2.75) is 38.8 Å². The van der Waals surface area contributed by atoms with Crippen LogP contribution >= 0.6 is 7.52 Å². The Morgan fingerprint density at radius 1 is 1.23 bits per heavy atom. The van der Waals surface area contributed by atoms with Crippen LogP contribution in [0.1, 0.15) is 38.2 Å². The number of nitrogens with one attached hydrogen (secondary N) is 2. The molecular weight excluding hydrogens is 417 g/mol. The van der Waals surface area contributed by atoms with Crippen LogP contribution in [0.5, 0.6) is 0 Å². The lowest BCUT2D eigenvalue weighted by molar-refractivity contribution is -0.137. The quantitative estimate of drug-likeness (QED) is 0.391. The second-order valence-electron chi connectivity index (χ2n) is 7.37. The highest BCUT2D eigenvalue weighted by atomic mass is 31.2. The highest BCUT2D eigenvalue weighted by molar-refractivity contribution is 7.56. The van der Waals surface area contributed by atoms with Gasteiger partial charge in [0.15, 0.2) is 0 Å². The van der Waals surface area contributed by atoms with Gasteiger partial charge < -0.3 is 19.8 Å². The fourth-order valence-corrected chi connectivity index (χ4v) is 5.04. The molecule has 0 aliphatic carbocycles. The normalized spacial score (nSPS) is 15.3. The molecule has 9 heteroatoms. The number of aliphatic carboxylic acids is 1. The van der Waals surface area contributed by atoms with Crippen LogP contribution in [0.2, 0.25) is 0 Å². The van der Waals surface area contributed by atoms with E-state index in [1.807, 2.05) is 32.2 Å². The number of nitrogens with zero attached hydrogens (tertiary/aromatic N) is 1. The Kier molecular flexibility index (Phi) is 9.98. The standard InChI is InChI=1S/C22H32N3O5P/c1-3-30-31(29,23-15-14-20-7-4-5-16-25(20)2)17-18-10-12-19(13-11-18)24-21(26)8-6-9-22(27)28/h4-5,7,10-13H,3,6,8-9,14-17H2,1-2H3,(H,23,29)(H,24,26)(H,27,28). The minimum Gasteiger partial charge on any atom is -0.481 e. The molecule has 0 radical (unpaired) electrons. The minimum absolute atomic E-state index is 0.0314. The Morgan fingerprint density at radius 2 is 1.97 bits per heavy atom. The molecule has 1 aliphatic rings. The molecule has 0 saturated carbocycles. The van der Waals surface area contributed by atoms with Gasteiger partial charge in [-0.15, -0.1) is 0 Å². The summed E-state index contributed by atoms with van der Waals surface area (Å²) in [7, 11) is -1.02. The molecule has 170 valence electrons. The molecule has 0 spiro atoms. The summed E-state index contributed by atoms with van der Waals surface area (Å²) in [6.07, 6.45) is 7.60. The van der Waals surface area contributed by atoms with E-state index in [1.165, 1.54) is 5.70 Å². The molecule has 0 bridgehead atoms. The molecule has 1 unspecified atom stereocenters. The van der Waals surface area contributed by atoms with Crippen molar-refractivity contribution in [2.24, 2.45) is 0 Å². The first-order chi connectivity index (χ1) is 14.8. The maximum atomic E-state index is 13.2. The molecule has 1 aliphatic heterocycles. The van der Waals surface area contributed by atoms with Crippen molar-refractivity contribution >= 4 is 25.1 Å². The van der Waals surface area contributed by atoms with Crippen LogP contribution in [0.3, 0.4) is 0 Å². The zero-order chi connectivity index (χ0) is 22.7. The van der Waals surface area contributed by atoms with Crippen LogP contribution in [0.15, 0.2) is 48.2 Å². The number of likely N-dealkylation sites (N-methyl/N-ethyl adjacent to an activating group) is 1. The van der Waals surface area contributed by atoms with Crippen molar-refractivity contribution in [3.8, 4) is 0 Å². The Balaban J connectivity index is 1.87. The number of carboxylic acid groups (broad SMARTS) is 1. The SMILES string of the molecule is CCOP(=O)(Cc1ccc(NC(=O)CCCC(=O)O)cc1)NCCC1=CC=CCN1C. The smallest absolute Gasteiger partial charge is 0.303 e. The van der Waals surface area contributed by atoms with Crippen LogP contribution in [0.4, 0.5) is 5.69 Å². The molecule has 1 amide bonds. The van der Waals surface area contributed by atoms with Crippen LogP contribution in [0.25, 0.3) is 0 Å². The van der Waals surface area contributed by atoms with Crippen molar-refractivity contribution < 1.29 is 23.8 Å². The summed E-state index contributed by atoms with van der Waals surface area (Å²) in [5.74, 6) is -1.14. The number of allylic oxidation sites excluding steroid dienone is 2. The van der Waals surface area contributed by atoms with E-state index >= 15 is 0 Å². The molecule has 31 heavy (non-hydrogen) atoms. The van der Waals surface area contributed by atoms with Crippen molar-refractivity contribution in [1.29, 1.82) is 0 Å². The number of hydrogen-bond donors (Lipinski definition) is 3. The molecular formula is C22H32N3O5P. The van der Waals surface area contributed by atoms with Gasteiger partial charge in [0, 0.05) is 50.8 Å². The maximum Gasteiger partial charge on any atom is 0.303 e. The lowest BCUT2D eigenvalue weighted by Crippen LogP contribution is -2.23. The van der Waals surface area contributed by atoms with E-state index in [0.29, 0.717) is 25.3 Å². The van der Waals surface area contributed by atoms with E-state index in [4.69, 9.17) is 9.63 Å². The molecule has 0 fully saturated rings. The Hall–Kier alpha value is -2.41. The first-order valence-electron chi connectivity index (χ1n) is 10.5. The number of hydrogen-bond acceptors (Lipinski definition) is 5. The topological polar surface area (TPSA) is 108 Å². The fraction of sp³-hybridized carbons (Fsp3) is 0.455. The molecule has 0 saturated heterocycles. The van der Waals surface area contributed by atoms with Gasteiger partial charge in [0.2, 0.25) is 5.91 Å². The third kappa shape index (κ3) is 9.09. The van der Waals surface area contributed by atoms with Gasteiger partial charge in [0.25, 0.3) is 7.52 Å². The number of anilines is 1. The fourth-order valence-electron chi connectivity index (χ4n) is 3.18. The number of carbonyl (C=O) groups is 2. The molecule has 8 nitrogen and oxygen atoms in total. The number of amides is 1. The third-order valence-electron chi connectivity index (χ3n) is 4.79. The predicted octanol–water partition coefficient (Wildman–Crippen LogP) is 3.97. The highest BCUT2D eigenvalue weighted by Crippen LogP contribution is 2.46. The lowest BCUT2D eigenvalue weighted by Gasteiger charge is -2.25. The highest BCUT2D eigenvalue weighted by Gasteiger charge is 2.23. The first kappa shape index (κ1) is 24.9. The van der Waals surface area contributed by atoms with Crippen molar-refractivity contribution in [3.05, 3.63) is 53.8 Å². The molecule has 1 aromatic rings. The number of benzene rings is 1. The average molecular weight is 449 g/mol. The van der Waals surface area contributed by atoms with Crippen LogP contribution in [0, 0.1) is 0 Å². The van der Waals surface area contributed by atoms with Gasteiger partial charge in [-0.05, 0) is 37.1 Å². The zero-order valence-corrected chi connectivity index (χ0v) is 19.1. The Morgan fingerprint density at radius 3 is 2.61 bits per heavy atom. The van der Waals surface area contributed by atoms with Crippen LogP contribution < -0.4 is 10.4 Å². The van der Waals surface area contributed by atoms with Gasteiger partial charge in [-0.2, -0.15) is 0 Å². The van der Waals surface area contributed by atoms with E-state index in [2.05, 4.69) is 27.5 Å². The third-order valence-corrected chi connectivity index (χ3v) is 6.95. The van der Waals surface area contributed by atoms with Gasteiger partial charge in [-0.1, -0.05) is 24.3 Å². The summed E-state index contributed by atoms with van der Waals surface area (Å²) in [5, 5.41) is 14.5. The molecule has 3 N–H and O–H groups in total. The van der Waals surface area contributed by atoms with Gasteiger partial charge in [-0.3, -0.25) is 14.2 Å². The minimum atomic E-state index is -3.05. The van der Waals surface area contributed by atoms with Crippen molar-refractivity contribution in [1.82, 2.24) is 9.99 Å². The second-order valence-corrected chi connectivity index (χ2v) is 9.60. The van der Waals surface area contributed by atoms with E-state index in [0.717, 1.165) is 18.5 Å². The summed E-state index contributed by atoms with van der Waals surface area (Å²) in [6.45, 7) is 3.59. The number of rotatable bonds is 13. The first-order valence-corrected chi connectivity index (χ1v) is 12.3. The summed E-state index contributed by atoms with van der Waals surface area (Å²) in [4.78, 5) is 24.5. The van der Waals surface area contributed by atoms with Crippen molar-refractivity contribution in [3.63, 3.8) is 0 Å². The average Bonchev–Trinajstić information content (AvgIpc) is 2.71. The van der Waals surface area contributed by atoms with E-state index in [-0.39, 0.29) is 24.9 Å². The van der Waals surface area contributed by atoms with E-state index < -0.39 is 13.5 Å². The van der Waals surface area contributed by atoms with Gasteiger partial charge >= 0.3 is 5.97 Å². The van der Waals surface area contributed by atoms with Crippen LogP contribution in [-0.2, 0) is 24.8 Å². The zero-order valence-electron chi connectivity index (χ0n) is 18.2. The summed E-state index contributed by atoms with van der Waals surface area (Å²) in [5.41, 5.74) is 2.63. The summed E-state index contributed by atoms with van der Waals surface area (Å²) < 4.78 is 18.8. The van der Waals surface area contributed by atoms with E-state index in [9.17, 15) is 14.2 Å². The monoisotopic (exact) mass is 449 g/mol. The molecule has 1 atom stereocenters. The van der Waals surface area contributed by atoms with E-state index in [1.54, 1.807) is 12.1 Å². The molecule has 1 heterocycles. The van der Waals surface area contributed by atoms with Gasteiger partial charge in [-0.25, -0.2) is 5.09 Å². The number of carbonyl (C=O) groups excluding carboxylic acids is 1. The Bertz CT molecular complexity index is 851. The summed E-state index contributed by atoms with van der Waals surface area (Å²) in [6, 6.07) is 7.11. The van der Waals surface area contributed by atoms with Gasteiger partial charge in [0.1, 0.15) is 0 Å². The Labute approximate surface area is 183 Å². The second kappa shape index (κ2) is 12.4. The summed E-state index contributed by atoms with van der Waals surface area (Å²) >= 11 is 0. The predicted molar refractivity (Wildman–Crippen MR) is 122 cm³/mol. The van der Waals surface area contributed by atoms with Crippen LogP contribution in [-0.4, -0.2) is 48.6 Å². The number of carboxylic acids is 1.